The molecular weight excluding hydrogens is 487 g/mol. The summed E-state index contributed by atoms with van der Waals surface area (Å²) in [5, 5.41) is 8.06. The van der Waals surface area contributed by atoms with Gasteiger partial charge in [-0.3, -0.25) is 0 Å². The van der Waals surface area contributed by atoms with E-state index in [9.17, 15) is 0 Å². The number of fused-ring (bicyclic) bond motifs is 3. The van der Waals surface area contributed by atoms with E-state index in [1.165, 1.54) is 0 Å². The molecule has 2 heterocycles. The van der Waals surface area contributed by atoms with Gasteiger partial charge in [0.1, 0.15) is 11.5 Å². The molecule has 0 bridgehead atoms. The summed E-state index contributed by atoms with van der Waals surface area (Å²) in [5.74, 6) is 1.45. The van der Waals surface area contributed by atoms with Crippen molar-refractivity contribution in [3.63, 3.8) is 0 Å². The Morgan fingerprint density at radius 3 is 2.50 bits per heavy atom. The van der Waals surface area contributed by atoms with Crippen molar-refractivity contribution in [2.24, 2.45) is 5.10 Å². The SMILES string of the molecule is COc1ccc([C@H]2Oc3c(Cl)cc(Cl)cc3[C@@H]3CC(c4ccc(Br)cc4)=NN23)cc1. The van der Waals surface area contributed by atoms with E-state index in [2.05, 4.69) is 28.1 Å². The molecular formula is C23H17BrCl2N2O2. The minimum Gasteiger partial charge on any atom is -0.497 e. The third-order valence-corrected chi connectivity index (χ3v) is 6.41. The lowest BCUT2D eigenvalue weighted by Crippen LogP contribution is -2.33. The van der Waals surface area contributed by atoms with Gasteiger partial charge in [-0.05, 0) is 54.1 Å². The molecule has 0 aliphatic carbocycles. The molecule has 0 spiro atoms. The zero-order valence-electron chi connectivity index (χ0n) is 16.0. The highest BCUT2D eigenvalue weighted by atomic mass is 79.9. The Kier molecular flexibility index (Phi) is 5.13. The van der Waals surface area contributed by atoms with Crippen molar-refractivity contribution >= 4 is 44.8 Å². The summed E-state index contributed by atoms with van der Waals surface area (Å²) in [6, 6.07) is 19.6. The van der Waals surface area contributed by atoms with E-state index >= 15 is 0 Å². The van der Waals surface area contributed by atoms with Crippen LogP contribution < -0.4 is 9.47 Å². The Hall–Kier alpha value is -2.21. The second-order valence-corrected chi connectivity index (χ2v) is 8.96. The molecule has 0 radical (unpaired) electrons. The van der Waals surface area contributed by atoms with Crippen LogP contribution in [0.2, 0.25) is 10.0 Å². The summed E-state index contributed by atoms with van der Waals surface area (Å²) in [7, 11) is 1.65. The summed E-state index contributed by atoms with van der Waals surface area (Å²) < 4.78 is 12.7. The molecule has 7 heteroatoms. The standard InChI is InChI=1S/C23H17BrCl2N2O2/c1-29-17-8-4-14(5-9-17)23-28-21(18-10-16(25)11-19(26)22(18)30-23)12-20(27-28)13-2-6-15(24)7-3-13/h2-11,21,23H,12H2,1H3/t21-,23+/m0/s1. The van der Waals surface area contributed by atoms with Crippen LogP contribution in [0.3, 0.4) is 0 Å². The second kappa shape index (κ2) is 7.80. The van der Waals surface area contributed by atoms with Crippen molar-refractivity contribution in [2.45, 2.75) is 18.7 Å². The molecule has 0 N–H and O–H groups in total. The lowest BCUT2D eigenvalue weighted by Gasteiger charge is -2.38. The topological polar surface area (TPSA) is 34.1 Å². The number of hydrogen-bond acceptors (Lipinski definition) is 4. The number of ether oxygens (including phenoxy) is 2. The fraction of sp³-hybridized carbons (Fsp3) is 0.174. The largest absolute Gasteiger partial charge is 0.497 e. The van der Waals surface area contributed by atoms with Crippen LogP contribution in [0, 0.1) is 0 Å². The van der Waals surface area contributed by atoms with Gasteiger partial charge in [-0.25, -0.2) is 5.01 Å². The summed E-state index contributed by atoms with van der Waals surface area (Å²) >= 11 is 16.3. The van der Waals surface area contributed by atoms with Gasteiger partial charge in [-0.2, -0.15) is 5.10 Å². The summed E-state index contributed by atoms with van der Waals surface area (Å²) in [5.41, 5.74) is 4.00. The predicted octanol–water partition coefficient (Wildman–Crippen LogP) is 7.01. The van der Waals surface area contributed by atoms with E-state index in [1.54, 1.807) is 13.2 Å². The van der Waals surface area contributed by atoms with Gasteiger partial charge in [0.05, 0.1) is 23.9 Å². The van der Waals surface area contributed by atoms with Crippen LogP contribution in [0.15, 0.2) is 70.2 Å². The van der Waals surface area contributed by atoms with Crippen LogP contribution in [-0.4, -0.2) is 17.8 Å². The molecule has 30 heavy (non-hydrogen) atoms. The molecule has 3 aromatic rings. The Morgan fingerprint density at radius 2 is 1.80 bits per heavy atom. The summed E-state index contributed by atoms with van der Waals surface area (Å²) in [4.78, 5) is 0. The Morgan fingerprint density at radius 1 is 1.07 bits per heavy atom. The van der Waals surface area contributed by atoms with Crippen molar-refractivity contribution in [2.75, 3.05) is 7.11 Å². The van der Waals surface area contributed by atoms with Crippen molar-refractivity contribution in [3.05, 3.63) is 91.9 Å². The maximum absolute atomic E-state index is 6.52. The first kappa shape index (κ1) is 19.7. The van der Waals surface area contributed by atoms with Gasteiger partial charge in [0.2, 0.25) is 6.23 Å². The van der Waals surface area contributed by atoms with Crippen LogP contribution >= 0.6 is 39.1 Å². The van der Waals surface area contributed by atoms with Gasteiger partial charge < -0.3 is 9.47 Å². The van der Waals surface area contributed by atoms with Crippen LogP contribution in [0.1, 0.15) is 35.4 Å². The molecule has 0 unspecified atom stereocenters. The Balaban J connectivity index is 1.60. The second-order valence-electron chi connectivity index (χ2n) is 7.20. The highest BCUT2D eigenvalue weighted by molar-refractivity contribution is 9.10. The van der Waals surface area contributed by atoms with Crippen molar-refractivity contribution in [3.8, 4) is 11.5 Å². The Labute approximate surface area is 193 Å². The van der Waals surface area contributed by atoms with Crippen LogP contribution in [0.4, 0.5) is 0 Å². The molecule has 0 saturated carbocycles. The van der Waals surface area contributed by atoms with Crippen LogP contribution in [-0.2, 0) is 0 Å². The number of nitrogens with zero attached hydrogens (tertiary/aromatic N) is 2. The Bertz CT molecular complexity index is 1130. The van der Waals surface area contributed by atoms with Crippen molar-refractivity contribution < 1.29 is 9.47 Å². The highest BCUT2D eigenvalue weighted by Crippen LogP contribution is 2.50. The molecule has 0 amide bonds. The molecule has 3 aromatic carbocycles. The van der Waals surface area contributed by atoms with Gasteiger partial charge >= 0.3 is 0 Å². The molecule has 4 nitrogen and oxygen atoms in total. The van der Waals surface area contributed by atoms with Crippen molar-refractivity contribution in [1.82, 2.24) is 5.01 Å². The summed E-state index contributed by atoms with van der Waals surface area (Å²) in [6.07, 6.45) is 0.335. The third kappa shape index (κ3) is 3.45. The van der Waals surface area contributed by atoms with Gasteiger partial charge in [0.25, 0.3) is 0 Å². The van der Waals surface area contributed by atoms with E-state index in [0.29, 0.717) is 15.8 Å². The minimum absolute atomic E-state index is 0.0179. The van der Waals surface area contributed by atoms with Gasteiger partial charge in [-0.1, -0.05) is 51.3 Å². The van der Waals surface area contributed by atoms with Crippen molar-refractivity contribution in [1.29, 1.82) is 0 Å². The molecule has 0 fully saturated rings. The molecule has 0 saturated heterocycles. The number of benzene rings is 3. The number of rotatable bonds is 3. The predicted molar refractivity (Wildman–Crippen MR) is 123 cm³/mol. The molecule has 152 valence electrons. The lowest BCUT2D eigenvalue weighted by molar-refractivity contribution is -0.0189. The van der Waals surface area contributed by atoms with E-state index in [-0.39, 0.29) is 6.04 Å². The number of hydrazone groups is 1. The molecule has 5 rings (SSSR count). The maximum atomic E-state index is 6.52. The normalized spacial score (nSPS) is 19.6. The van der Waals surface area contributed by atoms with E-state index < -0.39 is 6.23 Å². The monoisotopic (exact) mass is 502 g/mol. The zero-order valence-corrected chi connectivity index (χ0v) is 19.1. The number of hydrogen-bond donors (Lipinski definition) is 0. The molecule has 2 atom stereocenters. The minimum atomic E-state index is -0.403. The number of methoxy groups -OCH3 is 1. The van der Waals surface area contributed by atoms with Crippen LogP contribution in [0.25, 0.3) is 0 Å². The molecule has 2 aliphatic heterocycles. The van der Waals surface area contributed by atoms with Gasteiger partial charge in [0.15, 0.2) is 0 Å². The van der Waals surface area contributed by atoms with Gasteiger partial charge in [0, 0.05) is 27.0 Å². The maximum Gasteiger partial charge on any atom is 0.213 e. The number of halogens is 3. The van der Waals surface area contributed by atoms with Gasteiger partial charge in [-0.15, -0.1) is 0 Å². The zero-order chi connectivity index (χ0) is 20.8. The molecule has 2 aliphatic rings. The third-order valence-electron chi connectivity index (χ3n) is 5.39. The first-order chi connectivity index (χ1) is 14.5. The fourth-order valence-corrected chi connectivity index (χ4v) is 4.74. The van der Waals surface area contributed by atoms with E-state index in [1.807, 2.05) is 47.5 Å². The summed E-state index contributed by atoms with van der Waals surface area (Å²) in [6.45, 7) is 0. The first-order valence-electron chi connectivity index (χ1n) is 9.45. The fourth-order valence-electron chi connectivity index (χ4n) is 3.92. The smallest absolute Gasteiger partial charge is 0.213 e. The average molecular weight is 504 g/mol. The van der Waals surface area contributed by atoms with E-state index in [0.717, 1.165) is 39.0 Å². The lowest BCUT2D eigenvalue weighted by atomic mass is 9.96. The molecule has 0 aromatic heterocycles. The average Bonchev–Trinajstić information content (AvgIpc) is 3.20. The highest BCUT2D eigenvalue weighted by Gasteiger charge is 2.42. The first-order valence-corrected chi connectivity index (χ1v) is 11.0. The van der Waals surface area contributed by atoms with E-state index in [4.69, 9.17) is 37.8 Å². The van der Waals surface area contributed by atoms with Crippen LogP contribution in [0.5, 0.6) is 11.5 Å². The quantitative estimate of drug-likeness (QED) is 0.385.